The quantitative estimate of drug-likeness (QED) is 0.225. The Labute approximate surface area is 267 Å². The van der Waals surface area contributed by atoms with Crippen LogP contribution in [0.1, 0.15) is 42.0 Å². The number of aromatic carboxylic acids is 1. The molecule has 4 heterocycles. The molecule has 1 aromatic heterocycles. The van der Waals surface area contributed by atoms with Crippen molar-refractivity contribution < 1.29 is 37.6 Å². The Morgan fingerprint density at radius 3 is 2.70 bits per heavy atom. The van der Waals surface area contributed by atoms with Crippen LogP contribution in [0.5, 0.6) is 17.2 Å². The topological polar surface area (TPSA) is 111 Å². The Balaban J connectivity index is 1.15. The van der Waals surface area contributed by atoms with Crippen LogP contribution in [-0.4, -0.2) is 64.4 Å². The number of carbonyl (C=O) groups is 1. The molecule has 14 heteroatoms. The first kappa shape index (κ1) is 30.1. The number of ether oxygens (including phenoxy) is 4. The summed E-state index contributed by atoms with van der Waals surface area (Å²) in [6.07, 6.45) is 2.57. The van der Waals surface area contributed by atoms with Crippen LogP contribution in [0.4, 0.5) is 14.5 Å². The lowest BCUT2D eigenvalue weighted by Crippen LogP contribution is -2.38. The molecule has 1 unspecified atom stereocenters. The van der Waals surface area contributed by atoms with Crippen molar-refractivity contribution in [1.82, 2.24) is 14.6 Å². The lowest BCUT2D eigenvalue weighted by atomic mass is 10.1. The molecule has 0 spiro atoms. The van der Waals surface area contributed by atoms with Crippen molar-refractivity contribution >= 4 is 40.6 Å². The number of hydrogen-bond acceptors (Lipinski definition) is 9. The molecule has 1 N–H and O–H groups in total. The molecule has 0 aliphatic carbocycles. The molecule has 240 valence electrons. The van der Waals surface area contributed by atoms with Gasteiger partial charge in [0, 0.05) is 20.1 Å². The van der Waals surface area contributed by atoms with Gasteiger partial charge in [-0.2, -0.15) is 5.10 Å². The number of carboxylic acids is 1. The molecule has 0 amide bonds. The van der Waals surface area contributed by atoms with Gasteiger partial charge in [-0.05, 0) is 49.7 Å². The first-order valence-electron chi connectivity index (χ1n) is 14.9. The summed E-state index contributed by atoms with van der Waals surface area (Å²) in [6, 6.07) is 11.0. The molecular formula is C32H30ClF2N5O6. The molecule has 0 bridgehead atoms. The van der Waals surface area contributed by atoms with E-state index in [1.165, 1.54) is 25.1 Å². The third kappa shape index (κ3) is 5.22. The lowest BCUT2D eigenvalue weighted by Gasteiger charge is -2.31. The van der Waals surface area contributed by atoms with Gasteiger partial charge >= 0.3 is 5.97 Å². The SMILES string of the molecule is CCOc1cc(C(=O)O)cc2c1nc(CN1CCN(c3cccc4c3OC(C)(c3ccc(Cl)c(F)c3F)O4)C=N1)n2C[C@@H]1CCO1. The number of hydrazone groups is 1. The van der Waals surface area contributed by atoms with Crippen LogP contribution in [0.25, 0.3) is 11.0 Å². The van der Waals surface area contributed by atoms with E-state index >= 15 is 0 Å². The largest absolute Gasteiger partial charge is 0.492 e. The fraction of sp³-hybridized carbons (Fsp3) is 0.344. The molecule has 1 saturated heterocycles. The van der Waals surface area contributed by atoms with E-state index in [-0.39, 0.29) is 22.3 Å². The second kappa shape index (κ2) is 11.6. The number of aromatic nitrogens is 2. The van der Waals surface area contributed by atoms with Crippen LogP contribution in [-0.2, 0) is 23.6 Å². The highest BCUT2D eigenvalue weighted by molar-refractivity contribution is 6.30. The second-order valence-corrected chi connectivity index (χ2v) is 11.7. The predicted octanol–water partition coefficient (Wildman–Crippen LogP) is 5.76. The van der Waals surface area contributed by atoms with Crippen LogP contribution in [0.2, 0.25) is 5.02 Å². The monoisotopic (exact) mass is 653 g/mol. The highest BCUT2D eigenvalue weighted by Crippen LogP contribution is 2.50. The van der Waals surface area contributed by atoms with E-state index < -0.39 is 23.4 Å². The molecule has 1 fully saturated rings. The van der Waals surface area contributed by atoms with Crippen LogP contribution < -0.4 is 19.1 Å². The number of para-hydroxylation sites is 1. The zero-order valence-corrected chi connectivity index (χ0v) is 25.8. The summed E-state index contributed by atoms with van der Waals surface area (Å²) in [7, 11) is 0. The Morgan fingerprint density at radius 1 is 1.17 bits per heavy atom. The van der Waals surface area contributed by atoms with Crippen molar-refractivity contribution in [3.05, 3.63) is 76.1 Å². The van der Waals surface area contributed by atoms with Gasteiger partial charge in [0.2, 0.25) is 0 Å². The minimum Gasteiger partial charge on any atom is -0.492 e. The summed E-state index contributed by atoms with van der Waals surface area (Å²) < 4.78 is 54.8. The fourth-order valence-electron chi connectivity index (χ4n) is 5.85. The number of rotatable bonds is 9. The highest BCUT2D eigenvalue weighted by atomic mass is 35.5. The van der Waals surface area contributed by atoms with E-state index in [2.05, 4.69) is 5.10 Å². The van der Waals surface area contributed by atoms with E-state index in [9.17, 15) is 18.7 Å². The van der Waals surface area contributed by atoms with Crippen LogP contribution in [0, 0.1) is 11.6 Å². The minimum absolute atomic E-state index is 0.00597. The zero-order chi connectivity index (χ0) is 32.2. The predicted molar refractivity (Wildman–Crippen MR) is 165 cm³/mol. The molecule has 3 aliphatic heterocycles. The average Bonchev–Trinajstić information content (AvgIpc) is 3.55. The van der Waals surface area contributed by atoms with Crippen molar-refractivity contribution in [2.24, 2.45) is 5.10 Å². The van der Waals surface area contributed by atoms with Crippen molar-refractivity contribution in [3.8, 4) is 17.2 Å². The van der Waals surface area contributed by atoms with Gasteiger partial charge in [0.1, 0.15) is 23.4 Å². The number of fused-ring (bicyclic) bond motifs is 2. The number of carboxylic acid groups (broad SMARTS) is 1. The van der Waals surface area contributed by atoms with Gasteiger partial charge in [-0.3, -0.25) is 5.01 Å². The summed E-state index contributed by atoms with van der Waals surface area (Å²) >= 11 is 5.75. The first-order chi connectivity index (χ1) is 22.1. The van der Waals surface area contributed by atoms with E-state index in [0.29, 0.717) is 79.2 Å². The summed E-state index contributed by atoms with van der Waals surface area (Å²) in [5, 5.41) is 15.9. The lowest BCUT2D eigenvalue weighted by molar-refractivity contribution is -0.0709. The molecule has 3 aromatic carbocycles. The molecule has 2 atom stereocenters. The third-order valence-electron chi connectivity index (χ3n) is 8.30. The smallest absolute Gasteiger partial charge is 0.335 e. The number of halogens is 3. The highest BCUT2D eigenvalue weighted by Gasteiger charge is 2.43. The average molecular weight is 654 g/mol. The molecule has 0 saturated carbocycles. The van der Waals surface area contributed by atoms with Gasteiger partial charge in [-0.1, -0.05) is 17.7 Å². The van der Waals surface area contributed by atoms with Crippen molar-refractivity contribution in [3.63, 3.8) is 0 Å². The van der Waals surface area contributed by atoms with Crippen molar-refractivity contribution in [2.45, 2.75) is 45.2 Å². The van der Waals surface area contributed by atoms with E-state index in [0.717, 1.165) is 6.42 Å². The number of hydrogen-bond donors (Lipinski definition) is 1. The Kier molecular flexibility index (Phi) is 7.60. The number of imidazole rings is 1. The van der Waals surface area contributed by atoms with E-state index in [4.69, 9.17) is 35.5 Å². The molecule has 3 aliphatic rings. The maximum atomic E-state index is 14.9. The minimum atomic E-state index is -1.61. The Hall–Kier alpha value is -4.62. The summed E-state index contributed by atoms with van der Waals surface area (Å²) in [5.41, 5.74) is 1.89. The Morgan fingerprint density at radius 2 is 2.00 bits per heavy atom. The van der Waals surface area contributed by atoms with Crippen LogP contribution in [0.15, 0.2) is 47.6 Å². The molecule has 7 rings (SSSR count). The van der Waals surface area contributed by atoms with Gasteiger partial charge in [-0.25, -0.2) is 18.6 Å². The molecule has 0 radical (unpaired) electrons. The molecule has 46 heavy (non-hydrogen) atoms. The zero-order valence-electron chi connectivity index (χ0n) is 25.0. The maximum absolute atomic E-state index is 14.9. The number of anilines is 1. The summed E-state index contributed by atoms with van der Waals surface area (Å²) in [6.45, 7) is 6.31. The normalized spacial score (nSPS) is 20.3. The maximum Gasteiger partial charge on any atom is 0.335 e. The van der Waals surface area contributed by atoms with E-state index in [1.807, 2.05) is 27.5 Å². The van der Waals surface area contributed by atoms with Crippen molar-refractivity contribution in [1.29, 1.82) is 0 Å². The molecular weight excluding hydrogens is 624 g/mol. The standard InChI is InChI=1S/C32H30ClF2N5O6/c1-3-43-25-14-18(31(41)42)13-23-29(25)37-26(40(23)15-19-9-12-44-19)16-39-11-10-38(17-36-39)22-5-4-6-24-30(22)46-32(2,45-24)20-7-8-21(33)28(35)27(20)34/h4-8,13-14,17,19H,3,9-12,15-16H2,1-2H3,(H,41,42)/t19-,32?/m0/s1. The van der Waals surface area contributed by atoms with Crippen molar-refractivity contribution in [2.75, 3.05) is 31.2 Å². The van der Waals surface area contributed by atoms with Gasteiger partial charge < -0.3 is 33.5 Å². The fourth-order valence-corrected chi connectivity index (χ4v) is 6.00. The number of nitrogens with zero attached hydrogens (tertiary/aromatic N) is 5. The molecule has 11 nitrogen and oxygen atoms in total. The van der Waals surface area contributed by atoms with Gasteiger partial charge in [0.25, 0.3) is 5.79 Å². The summed E-state index contributed by atoms with van der Waals surface area (Å²) in [5.74, 6) is -3.11. The van der Waals surface area contributed by atoms with Gasteiger partial charge in [0.05, 0.1) is 59.7 Å². The number of benzene rings is 3. The first-order valence-corrected chi connectivity index (χ1v) is 15.2. The van der Waals surface area contributed by atoms with Crippen LogP contribution >= 0.6 is 11.6 Å². The van der Waals surface area contributed by atoms with Crippen LogP contribution in [0.3, 0.4) is 0 Å². The van der Waals surface area contributed by atoms with Gasteiger partial charge in [-0.15, -0.1) is 0 Å². The molecule has 4 aromatic rings. The van der Waals surface area contributed by atoms with Gasteiger partial charge in [0.15, 0.2) is 23.1 Å². The summed E-state index contributed by atoms with van der Waals surface area (Å²) in [4.78, 5) is 18.7. The third-order valence-corrected chi connectivity index (χ3v) is 8.59. The van der Waals surface area contributed by atoms with E-state index in [1.54, 1.807) is 24.5 Å². The Bertz CT molecular complexity index is 1880. The second-order valence-electron chi connectivity index (χ2n) is 11.3.